The molecule has 1 aromatic carbocycles. The summed E-state index contributed by atoms with van der Waals surface area (Å²) in [5, 5.41) is 3.72. The third-order valence-electron chi connectivity index (χ3n) is 7.48. The van der Waals surface area contributed by atoms with Crippen LogP contribution in [0.25, 0.3) is 0 Å². The fourth-order valence-corrected chi connectivity index (χ4v) is 6.01. The number of nitrogens with zero attached hydrogens (tertiary/aromatic N) is 3. The molecule has 2 bridgehead atoms. The van der Waals surface area contributed by atoms with Crippen LogP contribution in [-0.4, -0.2) is 74.8 Å². The van der Waals surface area contributed by atoms with Crippen molar-refractivity contribution < 1.29 is 9.47 Å². The fourth-order valence-electron chi connectivity index (χ4n) is 6.01. The van der Waals surface area contributed by atoms with E-state index in [1.54, 1.807) is 7.11 Å². The molecule has 1 aromatic rings. The molecule has 5 unspecified atom stereocenters. The molecule has 4 heterocycles. The molecule has 0 aliphatic carbocycles. The van der Waals surface area contributed by atoms with Crippen LogP contribution in [0.3, 0.4) is 0 Å². The van der Waals surface area contributed by atoms with Crippen molar-refractivity contribution in [1.29, 1.82) is 0 Å². The molecule has 158 valence electrons. The molecule has 4 aliphatic rings. The van der Waals surface area contributed by atoms with Crippen molar-refractivity contribution in [3.05, 3.63) is 29.8 Å². The summed E-state index contributed by atoms with van der Waals surface area (Å²) in [6.07, 6.45) is 6.04. The van der Waals surface area contributed by atoms with E-state index in [0.717, 1.165) is 44.4 Å². The van der Waals surface area contributed by atoms with Crippen LogP contribution in [0.1, 0.15) is 37.3 Å². The van der Waals surface area contributed by atoms with Gasteiger partial charge in [0.15, 0.2) is 5.96 Å². The van der Waals surface area contributed by atoms with Gasteiger partial charge < -0.3 is 19.7 Å². The van der Waals surface area contributed by atoms with Gasteiger partial charge in [0, 0.05) is 38.5 Å². The first-order valence-electron chi connectivity index (χ1n) is 11.3. The first kappa shape index (κ1) is 19.2. The molecule has 0 radical (unpaired) electrons. The molecule has 6 heteroatoms. The molecule has 0 amide bonds. The summed E-state index contributed by atoms with van der Waals surface area (Å²) in [6, 6.07) is 8.87. The SMILES string of the molecule is CN=C(NCC(c1cccc(OC)c1)N1CCCC1)N1CC2C3CCC(O3)C2C1. The van der Waals surface area contributed by atoms with Gasteiger partial charge >= 0.3 is 0 Å². The Morgan fingerprint density at radius 3 is 2.59 bits per heavy atom. The summed E-state index contributed by atoms with van der Waals surface area (Å²) in [7, 11) is 3.66. The van der Waals surface area contributed by atoms with Crippen LogP contribution in [0.4, 0.5) is 0 Å². The summed E-state index contributed by atoms with van der Waals surface area (Å²) < 4.78 is 11.6. The quantitative estimate of drug-likeness (QED) is 0.610. The Bertz CT molecular complexity index is 730. The molecule has 0 aromatic heterocycles. The fraction of sp³-hybridized carbons (Fsp3) is 0.696. The van der Waals surface area contributed by atoms with Crippen LogP contribution in [0, 0.1) is 11.8 Å². The molecular weight excluding hydrogens is 364 g/mol. The molecule has 4 aliphatic heterocycles. The second-order valence-electron chi connectivity index (χ2n) is 8.99. The van der Waals surface area contributed by atoms with E-state index in [0.29, 0.717) is 30.1 Å². The standard InChI is InChI=1S/C23H34N4O2/c1-24-23(27-14-18-19(15-27)22-9-8-21(18)29-22)25-13-20(26-10-3-4-11-26)16-6-5-7-17(12-16)28-2/h5-7,12,18-22H,3-4,8-11,13-15H2,1-2H3,(H,24,25). The maximum absolute atomic E-state index is 6.14. The average molecular weight is 399 g/mol. The lowest BCUT2D eigenvalue weighted by atomic mass is 9.82. The number of hydrogen-bond acceptors (Lipinski definition) is 4. The van der Waals surface area contributed by atoms with Crippen LogP contribution < -0.4 is 10.1 Å². The number of rotatable bonds is 5. The van der Waals surface area contributed by atoms with Crippen molar-refractivity contribution >= 4 is 5.96 Å². The van der Waals surface area contributed by atoms with Crippen LogP contribution in [0.2, 0.25) is 0 Å². The summed E-state index contributed by atoms with van der Waals surface area (Å²) in [6.45, 7) is 5.36. The van der Waals surface area contributed by atoms with Crippen molar-refractivity contribution in [3.63, 3.8) is 0 Å². The van der Waals surface area contributed by atoms with Gasteiger partial charge in [0.1, 0.15) is 5.75 Å². The smallest absolute Gasteiger partial charge is 0.193 e. The third-order valence-corrected chi connectivity index (χ3v) is 7.48. The lowest BCUT2D eigenvalue weighted by Gasteiger charge is -2.31. The van der Waals surface area contributed by atoms with Crippen molar-refractivity contribution in [1.82, 2.24) is 15.1 Å². The van der Waals surface area contributed by atoms with E-state index in [4.69, 9.17) is 9.47 Å². The van der Waals surface area contributed by atoms with E-state index in [1.165, 1.54) is 31.2 Å². The van der Waals surface area contributed by atoms with E-state index in [9.17, 15) is 0 Å². The number of benzene rings is 1. The van der Waals surface area contributed by atoms with Crippen LogP contribution >= 0.6 is 0 Å². The lowest BCUT2D eigenvalue weighted by Crippen LogP contribution is -2.45. The Morgan fingerprint density at radius 2 is 1.93 bits per heavy atom. The molecule has 4 saturated heterocycles. The predicted octanol–water partition coefficient (Wildman–Crippen LogP) is 2.52. The summed E-state index contributed by atoms with van der Waals surface area (Å²) >= 11 is 0. The van der Waals surface area contributed by atoms with Crippen molar-refractivity contribution in [2.45, 2.75) is 43.9 Å². The van der Waals surface area contributed by atoms with E-state index >= 15 is 0 Å². The highest BCUT2D eigenvalue weighted by Crippen LogP contribution is 2.47. The number of nitrogens with one attached hydrogen (secondary N) is 1. The van der Waals surface area contributed by atoms with Gasteiger partial charge in [0.05, 0.1) is 25.4 Å². The van der Waals surface area contributed by atoms with Crippen molar-refractivity contribution in [2.75, 3.05) is 46.9 Å². The predicted molar refractivity (Wildman–Crippen MR) is 114 cm³/mol. The van der Waals surface area contributed by atoms with Gasteiger partial charge in [-0.3, -0.25) is 9.89 Å². The number of hydrogen-bond donors (Lipinski definition) is 1. The van der Waals surface area contributed by atoms with Gasteiger partial charge in [-0.15, -0.1) is 0 Å². The van der Waals surface area contributed by atoms with E-state index in [-0.39, 0.29) is 0 Å². The Hall–Kier alpha value is -1.79. The second kappa shape index (κ2) is 8.15. The summed E-state index contributed by atoms with van der Waals surface area (Å²) in [5.41, 5.74) is 1.32. The minimum Gasteiger partial charge on any atom is -0.497 e. The number of likely N-dealkylation sites (tertiary alicyclic amines) is 2. The monoisotopic (exact) mass is 398 g/mol. The molecule has 0 spiro atoms. The highest BCUT2D eigenvalue weighted by Gasteiger charge is 2.53. The highest BCUT2D eigenvalue weighted by molar-refractivity contribution is 5.80. The number of ether oxygens (including phenoxy) is 2. The van der Waals surface area contributed by atoms with E-state index in [1.807, 2.05) is 13.1 Å². The second-order valence-corrected chi connectivity index (χ2v) is 8.99. The number of aliphatic imine (C=N–C) groups is 1. The topological polar surface area (TPSA) is 49.3 Å². The molecule has 29 heavy (non-hydrogen) atoms. The van der Waals surface area contributed by atoms with Gasteiger partial charge in [-0.2, -0.15) is 0 Å². The maximum atomic E-state index is 6.14. The molecule has 5 rings (SSSR count). The molecular formula is C23H34N4O2. The first-order chi connectivity index (χ1) is 14.3. The zero-order valence-corrected chi connectivity index (χ0v) is 17.7. The third kappa shape index (κ3) is 3.61. The Morgan fingerprint density at radius 1 is 1.21 bits per heavy atom. The lowest BCUT2D eigenvalue weighted by molar-refractivity contribution is 0.0766. The summed E-state index contributed by atoms with van der Waals surface area (Å²) in [5.74, 6) is 3.37. The van der Waals surface area contributed by atoms with Crippen molar-refractivity contribution in [3.8, 4) is 5.75 Å². The van der Waals surface area contributed by atoms with E-state index in [2.05, 4.69) is 38.3 Å². The van der Waals surface area contributed by atoms with Gasteiger partial charge in [-0.1, -0.05) is 12.1 Å². The number of methoxy groups -OCH3 is 1. The van der Waals surface area contributed by atoms with Gasteiger partial charge in [0.25, 0.3) is 0 Å². The number of fused-ring (bicyclic) bond motifs is 5. The van der Waals surface area contributed by atoms with E-state index < -0.39 is 0 Å². The van der Waals surface area contributed by atoms with Gasteiger partial charge in [0.2, 0.25) is 0 Å². The van der Waals surface area contributed by atoms with Gasteiger partial charge in [-0.05, 0) is 56.5 Å². The summed E-state index contributed by atoms with van der Waals surface area (Å²) in [4.78, 5) is 9.71. The Labute approximate surface area is 174 Å². The van der Waals surface area contributed by atoms with Crippen LogP contribution in [0.15, 0.2) is 29.3 Å². The average Bonchev–Trinajstić information content (AvgIpc) is 3.53. The normalized spacial score (nSPS) is 32.6. The minimum atomic E-state index is 0.339. The molecule has 6 nitrogen and oxygen atoms in total. The number of guanidine groups is 1. The zero-order valence-electron chi connectivity index (χ0n) is 17.7. The Kier molecular flexibility index (Phi) is 5.39. The molecule has 0 saturated carbocycles. The minimum absolute atomic E-state index is 0.339. The highest BCUT2D eigenvalue weighted by atomic mass is 16.5. The van der Waals surface area contributed by atoms with Gasteiger partial charge in [-0.25, -0.2) is 0 Å². The first-order valence-corrected chi connectivity index (χ1v) is 11.3. The zero-order chi connectivity index (χ0) is 19.8. The molecule has 5 atom stereocenters. The Balaban J connectivity index is 1.27. The molecule has 4 fully saturated rings. The van der Waals surface area contributed by atoms with Crippen LogP contribution in [0.5, 0.6) is 5.75 Å². The molecule has 1 N–H and O–H groups in total. The van der Waals surface area contributed by atoms with Crippen LogP contribution in [-0.2, 0) is 4.74 Å². The van der Waals surface area contributed by atoms with Crippen molar-refractivity contribution in [2.24, 2.45) is 16.8 Å². The largest absolute Gasteiger partial charge is 0.497 e. The maximum Gasteiger partial charge on any atom is 0.193 e.